The minimum atomic E-state index is -0.376. The molecule has 0 bridgehead atoms. The number of hydrogen-bond acceptors (Lipinski definition) is 6. The van der Waals surface area contributed by atoms with E-state index in [1.54, 1.807) is 25.2 Å². The van der Waals surface area contributed by atoms with Crippen molar-refractivity contribution in [2.75, 3.05) is 11.9 Å². The third-order valence-electron chi connectivity index (χ3n) is 3.54. The first-order chi connectivity index (χ1) is 11.1. The fourth-order valence-corrected chi connectivity index (χ4v) is 2.32. The van der Waals surface area contributed by atoms with Crippen LogP contribution in [0.5, 0.6) is 0 Å². The molecule has 6 nitrogen and oxygen atoms in total. The van der Waals surface area contributed by atoms with Crippen LogP contribution in [0, 0.1) is 5.82 Å². The Bertz CT molecular complexity index is 1010. The molecule has 0 aliphatic rings. The summed E-state index contributed by atoms with van der Waals surface area (Å²) in [6, 6.07) is 9.93. The van der Waals surface area contributed by atoms with Gasteiger partial charge in [-0.3, -0.25) is 4.90 Å². The second kappa shape index (κ2) is 5.06. The lowest BCUT2D eigenvalue weighted by Crippen LogP contribution is -2.09. The van der Waals surface area contributed by atoms with Gasteiger partial charge in [0.25, 0.3) is 0 Å². The molecule has 0 aliphatic carbocycles. The second-order valence-electron chi connectivity index (χ2n) is 5.12. The van der Waals surface area contributed by atoms with E-state index in [2.05, 4.69) is 9.97 Å². The first-order valence-electron chi connectivity index (χ1n) is 6.94. The Kier molecular flexibility index (Phi) is 3.02. The van der Waals surface area contributed by atoms with Crippen LogP contribution >= 0.6 is 0 Å². The number of benzene rings is 2. The molecule has 0 aliphatic heterocycles. The molecule has 0 saturated heterocycles. The van der Waals surface area contributed by atoms with Crippen molar-refractivity contribution in [3.05, 3.63) is 47.8 Å². The summed E-state index contributed by atoms with van der Waals surface area (Å²) in [5.41, 5.74) is 2.86. The van der Waals surface area contributed by atoms with E-state index in [-0.39, 0.29) is 18.4 Å². The smallest absolute Gasteiger partial charge is 0.306 e. The molecule has 23 heavy (non-hydrogen) atoms. The molecule has 0 radical (unpaired) electrons. The van der Waals surface area contributed by atoms with Crippen molar-refractivity contribution in [1.82, 2.24) is 9.97 Å². The molecule has 0 amide bonds. The molecule has 2 heterocycles. The predicted octanol–water partition coefficient (Wildman–Crippen LogP) is 3.37. The Hall–Kier alpha value is -2.93. The van der Waals surface area contributed by atoms with Gasteiger partial charge in [0, 0.05) is 13.1 Å². The van der Waals surface area contributed by atoms with Gasteiger partial charge in [-0.25, -0.2) is 4.39 Å². The minimum Gasteiger partial charge on any atom is -0.423 e. The van der Waals surface area contributed by atoms with Gasteiger partial charge in [-0.15, -0.1) is 0 Å². The maximum absolute atomic E-state index is 13.2. The number of aromatic nitrogens is 2. The van der Waals surface area contributed by atoms with E-state index in [1.807, 2.05) is 0 Å². The molecule has 4 aromatic rings. The number of anilines is 2. The Morgan fingerprint density at radius 3 is 2.26 bits per heavy atom. The van der Waals surface area contributed by atoms with Crippen LogP contribution in [0.15, 0.2) is 45.2 Å². The standard InChI is InChI=1S/C16H12FN3O3/c1-20(16-19-12-7-10(17)3-5-14(12)23-16)15-18-11-6-9(8-21)2-4-13(11)22-15/h2-7,21H,8H2,1H3. The van der Waals surface area contributed by atoms with Crippen LogP contribution in [0.3, 0.4) is 0 Å². The van der Waals surface area contributed by atoms with Crippen LogP contribution in [0.25, 0.3) is 22.2 Å². The van der Waals surface area contributed by atoms with Crippen LogP contribution < -0.4 is 4.90 Å². The molecule has 4 rings (SSSR count). The molecule has 2 aromatic carbocycles. The number of aliphatic hydroxyl groups excluding tert-OH is 1. The zero-order chi connectivity index (χ0) is 16.0. The van der Waals surface area contributed by atoms with Crippen LogP contribution in [0.2, 0.25) is 0 Å². The van der Waals surface area contributed by atoms with E-state index in [0.717, 1.165) is 5.56 Å². The summed E-state index contributed by atoms with van der Waals surface area (Å²) in [6.45, 7) is -0.0648. The maximum Gasteiger partial charge on any atom is 0.306 e. The molecule has 0 saturated carbocycles. The molecule has 2 aromatic heterocycles. The largest absolute Gasteiger partial charge is 0.423 e. The fraction of sp³-hybridized carbons (Fsp3) is 0.125. The van der Waals surface area contributed by atoms with E-state index >= 15 is 0 Å². The summed E-state index contributed by atoms with van der Waals surface area (Å²) in [6.07, 6.45) is 0. The monoisotopic (exact) mass is 313 g/mol. The molecule has 116 valence electrons. The fourth-order valence-electron chi connectivity index (χ4n) is 2.32. The molecular weight excluding hydrogens is 301 g/mol. The topological polar surface area (TPSA) is 75.5 Å². The highest BCUT2D eigenvalue weighted by atomic mass is 19.1. The number of hydrogen-bond donors (Lipinski definition) is 1. The van der Waals surface area contributed by atoms with Crippen LogP contribution in [-0.4, -0.2) is 22.1 Å². The summed E-state index contributed by atoms with van der Waals surface area (Å²) >= 11 is 0. The molecule has 0 fully saturated rings. The lowest BCUT2D eigenvalue weighted by Gasteiger charge is -2.07. The number of oxazole rings is 2. The molecule has 0 unspecified atom stereocenters. The lowest BCUT2D eigenvalue weighted by atomic mass is 10.2. The zero-order valence-electron chi connectivity index (χ0n) is 12.2. The van der Waals surface area contributed by atoms with E-state index in [9.17, 15) is 4.39 Å². The van der Waals surface area contributed by atoms with E-state index in [1.165, 1.54) is 23.1 Å². The normalized spacial score (nSPS) is 11.4. The van der Waals surface area contributed by atoms with Crippen LogP contribution in [-0.2, 0) is 6.61 Å². The number of aliphatic hydroxyl groups is 1. The average Bonchev–Trinajstić information content (AvgIpc) is 3.16. The van der Waals surface area contributed by atoms with E-state index in [0.29, 0.717) is 28.2 Å². The van der Waals surface area contributed by atoms with Crippen LogP contribution in [0.1, 0.15) is 5.56 Å². The summed E-state index contributed by atoms with van der Waals surface area (Å²) < 4.78 is 24.5. The number of fused-ring (bicyclic) bond motifs is 2. The first-order valence-corrected chi connectivity index (χ1v) is 6.94. The maximum atomic E-state index is 13.2. The van der Waals surface area contributed by atoms with Crippen molar-refractivity contribution in [1.29, 1.82) is 0 Å². The average molecular weight is 313 g/mol. The third kappa shape index (κ3) is 2.31. The van der Waals surface area contributed by atoms with Gasteiger partial charge in [-0.2, -0.15) is 9.97 Å². The molecule has 0 atom stereocenters. The Labute approximate surface area is 129 Å². The van der Waals surface area contributed by atoms with Crippen molar-refractivity contribution >= 4 is 34.2 Å². The van der Waals surface area contributed by atoms with Gasteiger partial charge in [-0.1, -0.05) is 6.07 Å². The Morgan fingerprint density at radius 1 is 1.00 bits per heavy atom. The SMILES string of the molecule is CN(c1nc2cc(F)ccc2o1)c1nc2cc(CO)ccc2o1. The van der Waals surface area contributed by atoms with E-state index in [4.69, 9.17) is 13.9 Å². The van der Waals surface area contributed by atoms with Gasteiger partial charge in [0.15, 0.2) is 11.2 Å². The van der Waals surface area contributed by atoms with Gasteiger partial charge in [0.2, 0.25) is 0 Å². The molecule has 1 N–H and O–H groups in total. The number of nitrogens with zero attached hydrogens (tertiary/aromatic N) is 3. The number of halogens is 1. The van der Waals surface area contributed by atoms with Gasteiger partial charge < -0.3 is 13.9 Å². The summed E-state index contributed by atoms with van der Waals surface area (Å²) in [7, 11) is 1.69. The van der Waals surface area contributed by atoms with Crippen molar-refractivity contribution in [3.63, 3.8) is 0 Å². The highest BCUT2D eigenvalue weighted by Crippen LogP contribution is 2.29. The zero-order valence-corrected chi connectivity index (χ0v) is 12.2. The summed E-state index contributed by atoms with van der Waals surface area (Å²) in [5, 5.41) is 9.17. The highest BCUT2D eigenvalue weighted by Gasteiger charge is 2.18. The van der Waals surface area contributed by atoms with Gasteiger partial charge in [0.05, 0.1) is 6.61 Å². The summed E-state index contributed by atoms with van der Waals surface area (Å²) in [4.78, 5) is 10.1. The van der Waals surface area contributed by atoms with Gasteiger partial charge in [0.1, 0.15) is 16.9 Å². The van der Waals surface area contributed by atoms with Crippen LogP contribution in [0.4, 0.5) is 16.4 Å². The Morgan fingerprint density at radius 2 is 1.61 bits per heavy atom. The quantitative estimate of drug-likeness (QED) is 0.625. The molecule has 0 spiro atoms. The van der Waals surface area contributed by atoms with Crippen molar-refractivity contribution in [2.45, 2.75) is 6.61 Å². The minimum absolute atomic E-state index is 0.0648. The Balaban J connectivity index is 1.75. The first kappa shape index (κ1) is 13.7. The predicted molar refractivity (Wildman–Crippen MR) is 82.0 cm³/mol. The third-order valence-corrected chi connectivity index (χ3v) is 3.54. The molecular formula is C16H12FN3O3. The van der Waals surface area contributed by atoms with Gasteiger partial charge >= 0.3 is 12.0 Å². The summed E-state index contributed by atoms with van der Waals surface area (Å²) in [5.74, 6) is -0.376. The highest BCUT2D eigenvalue weighted by molar-refractivity contribution is 5.77. The van der Waals surface area contributed by atoms with Crippen molar-refractivity contribution < 1.29 is 18.3 Å². The van der Waals surface area contributed by atoms with E-state index < -0.39 is 0 Å². The number of rotatable bonds is 3. The molecule has 7 heteroatoms. The second-order valence-corrected chi connectivity index (χ2v) is 5.12. The van der Waals surface area contributed by atoms with Gasteiger partial charge in [-0.05, 0) is 29.8 Å². The van der Waals surface area contributed by atoms with Crippen molar-refractivity contribution in [3.8, 4) is 0 Å². The van der Waals surface area contributed by atoms with Crippen molar-refractivity contribution in [2.24, 2.45) is 0 Å². The lowest BCUT2D eigenvalue weighted by molar-refractivity contribution is 0.282.